The van der Waals surface area contributed by atoms with Gasteiger partial charge in [0.15, 0.2) is 6.61 Å². The summed E-state index contributed by atoms with van der Waals surface area (Å²) in [6, 6.07) is 13.3. The number of carbonyl (C=O) groups is 1. The average Bonchev–Trinajstić information content (AvgIpc) is 2.46. The lowest BCUT2D eigenvalue weighted by atomic mass is 9.86. The highest BCUT2D eigenvalue weighted by Crippen LogP contribution is 2.29. The maximum atomic E-state index is 12.8. The second-order valence-corrected chi connectivity index (χ2v) is 6.09. The lowest BCUT2D eigenvalue weighted by molar-refractivity contribution is -0.118. The van der Waals surface area contributed by atoms with E-state index in [0.29, 0.717) is 5.75 Å². The molecule has 0 aromatic heterocycles. The first-order valence-corrected chi connectivity index (χ1v) is 7.14. The first-order chi connectivity index (χ1) is 10.4. The number of para-hydroxylation sites is 1. The molecule has 0 radical (unpaired) electrons. The van der Waals surface area contributed by atoms with Crippen LogP contribution in [0.1, 0.15) is 26.3 Å². The van der Waals surface area contributed by atoms with E-state index in [9.17, 15) is 9.18 Å². The van der Waals surface area contributed by atoms with E-state index in [2.05, 4.69) is 26.1 Å². The lowest BCUT2D eigenvalue weighted by Crippen LogP contribution is -2.23. The molecule has 2 rings (SSSR count). The van der Waals surface area contributed by atoms with Gasteiger partial charge in [-0.15, -0.1) is 0 Å². The third-order valence-corrected chi connectivity index (χ3v) is 3.19. The summed E-state index contributed by atoms with van der Waals surface area (Å²) in [4.78, 5) is 12.0. The summed E-state index contributed by atoms with van der Waals surface area (Å²) in [7, 11) is 0. The molecule has 1 N–H and O–H groups in total. The number of hydrogen-bond acceptors (Lipinski definition) is 2. The predicted octanol–water partition coefficient (Wildman–Crippen LogP) is 4.14. The van der Waals surface area contributed by atoms with E-state index in [0.717, 1.165) is 11.3 Å². The fourth-order valence-corrected chi connectivity index (χ4v) is 2.11. The second kappa shape index (κ2) is 6.60. The van der Waals surface area contributed by atoms with Crippen molar-refractivity contribution in [2.75, 3.05) is 11.9 Å². The highest BCUT2D eigenvalue weighted by atomic mass is 19.1. The zero-order valence-electron chi connectivity index (χ0n) is 13.0. The Bertz CT molecular complexity index is 645. The van der Waals surface area contributed by atoms with Crippen molar-refractivity contribution in [2.45, 2.75) is 26.2 Å². The molecule has 0 aliphatic carbocycles. The van der Waals surface area contributed by atoms with Gasteiger partial charge in [-0.25, -0.2) is 4.39 Å². The molecule has 2 aromatic rings. The normalized spacial score (nSPS) is 11.1. The van der Waals surface area contributed by atoms with Crippen LogP contribution < -0.4 is 10.1 Å². The summed E-state index contributed by atoms with van der Waals surface area (Å²) < 4.78 is 18.1. The second-order valence-electron chi connectivity index (χ2n) is 6.09. The SMILES string of the molecule is CC(C)(C)c1ccccc1NC(=O)COc1ccc(F)cc1. The molecule has 0 aliphatic heterocycles. The minimum absolute atomic E-state index is 0.0678. The molecule has 0 unspecified atom stereocenters. The van der Waals surface area contributed by atoms with E-state index >= 15 is 0 Å². The third kappa shape index (κ3) is 4.32. The van der Waals surface area contributed by atoms with Crippen molar-refractivity contribution in [1.82, 2.24) is 0 Å². The Morgan fingerprint density at radius 1 is 1.09 bits per heavy atom. The number of halogens is 1. The summed E-state index contributed by atoms with van der Waals surface area (Å²) in [5.41, 5.74) is 1.77. The maximum absolute atomic E-state index is 12.8. The standard InChI is InChI=1S/C18H20FNO2/c1-18(2,3)15-6-4-5-7-16(15)20-17(21)12-22-14-10-8-13(19)9-11-14/h4-11H,12H2,1-3H3,(H,20,21). The van der Waals surface area contributed by atoms with Crippen LogP contribution in [0.25, 0.3) is 0 Å². The van der Waals surface area contributed by atoms with Crippen LogP contribution in [0, 0.1) is 5.82 Å². The van der Waals surface area contributed by atoms with Crippen LogP contribution in [0.2, 0.25) is 0 Å². The van der Waals surface area contributed by atoms with E-state index in [-0.39, 0.29) is 23.7 Å². The number of benzene rings is 2. The minimum atomic E-state index is -0.337. The molecule has 0 atom stereocenters. The Morgan fingerprint density at radius 2 is 1.73 bits per heavy atom. The molecule has 0 spiro atoms. The Labute approximate surface area is 130 Å². The van der Waals surface area contributed by atoms with Crippen molar-refractivity contribution >= 4 is 11.6 Å². The first kappa shape index (κ1) is 16.0. The van der Waals surface area contributed by atoms with Crippen molar-refractivity contribution < 1.29 is 13.9 Å². The average molecular weight is 301 g/mol. The molecular weight excluding hydrogens is 281 g/mol. The van der Waals surface area contributed by atoms with Gasteiger partial charge < -0.3 is 10.1 Å². The summed E-state index contributed by atoms with van der Waals surface area (Å²) in [6.07, 6.45) is 0. The molecule has 0 bridgehead atoms. The van der Waals surface area contributed by atoms with Gasteiger partial charge in [-0.3, -0.25) is 4.79 Å². The van der Waals surface area contributed by atoms with Gasteiger partial charge in [-0.1, -0.05) is 39.0 Å². The number of amides is 1. The number of ether oxygens (including phenoxy) is 1. The monoisotopic (exact) mass is 301 g/mol. The Hall–Kier alpha value is -2.36. The Balaban J connectivity index is 1.99. The lowest BCUT2D eigenvalue weighted by Gasteiger charge is -2.23. The predicted molar refractivity (Wildman–Crippen MR) is 85.7 cm³/mol. The Kier molecular flexibility index (Phi) is 4.81. The summed E-state index contributed by atoms with van der Waals surface area (Å²) in [6.45, 7) is 6.15. The van der Waals surface area contributed by atoms with Crippen molar-refractivity contribution in [1.29, 1.82) is 0 Å². The minimum Gasteiger partial charge on any atom is -0.484 e. The van der Waals surface area contributed by atoms with Crippen LogP contribution in [0.15, 0.2) is 48.5 Å². The van der Waals surface area contributed by atoms with Gasteiger partial charge in [0.2, 0.25) is 0 Å². The number of nitrogens with one attached hydrogen (secondary N) is 1. The van der Waals surface area contributed by atoms with Gasteiger partial charge in [0.1, 0.15) is 11.6 Å². The molecule has 0 fully saturated rings. The van der Waals surface area contributed by atoms with Crippen molar-refractivity contribution in [3.63, 3.8) is 0 Å². The van der Waals surface area contributed by atoms with Gasteiger partial charge in [0.05, 0.1) is 0 Å². The van der Waals surface area contributed by atoms with Gasteiger partial charge >= 0.3 is 0 Å². The summed E-state index contributed by atoms with van der Waals surface area (Å²) >= 11 is 0. The van der Waals surface area contributed by atoms with Gasteiger partial charge in [0.25, 0.3) is 5.91 Å². The molecule has 2 aromatic carbocycles. The van der Waals surface area contributed by atoms with Crippen molar-refractivity contribution in [3.8, 4) is 5.75 Å². The fourth-order valence-electron chi connectivity index (χ4n) is 2.11. The molecule has 0 saturated carbocycles. The maximum Gasteiger partial charge on any atom is 0.262 e. The van der Waals surface area contributed by atoms with Crippen molar-refractivity contribution in [3.05, 3.63) is 59.9 Å². The molecular formula is C18H20FNO2. The van der Waals surface area contributed by atoms with Gasteiger partial charge in [0, 0.05) is 5.69 Å². The van der Waals surface area contributed by atoms with E-state index in [1.54, 1.807) is 0 Å². The van der Waals surface area contributed by atoms with Crippen LogP contribution in [-0.2, 0) is 10.2 Å². The molecule has 4 heteroatoms. The highest BCUT2D eigenvalue weighted by Gasteiger charge is 2.18. The molecule has 0 aliphatic rings. The molecule has 1 amide bonds. The number of rotatable bonds is 4. The van der Waals surface area contributed by atoms with Crippen LogP contribution in [-0.4, -0.2) is 12.5 Å². The number of hydrogen-bond donors (Lipinski definition) is 1. The van der Waals surface area contributed by atoms with Gasteiger partial charge in [-0.05, 0) is 41.3 Å². The van der Waals surface area contributed by atoms with E-state index in [1.807, 2.05) is 24.3 Å². The molecule has 22 heavy (non-hydrogen) atoms. The van der Waals surface area contributed by atoms with Crippen LogP contribution in [0.5, 0.6) is 5.75 Å². The molecule has 0 heterocycles. The van der Waals surface area contributed by atoms with Crippen LogP contribution in [0.4, 0.5) is 10.1 Å². The van der Waals surface area contributed by atoms with Crippen LogP contribution >= 0.6 is 0 Å². The number of anilines is 1. The molecule has 116 valence electrons. The van der Waals surface area contributed by atoms with Gasteiger partial charge in [-0.2, -0.15) is 0 Å². The zero-order chi connectivity index (χ0) is 16.2. The molecule has 0 saturated heterocycles. The smallest absolute Gasteiger partial charge is 0.262 e. The highest BCUT2D eigenvalue weighted by molar-refractivity contribution is 5.92. The van der Waals surface area contributed by atoms with E-state index < -0.39 is 0 Å². The summed E-state index contributed by atoms with van der Waals surface area (Å²) in [5.74, 6) is -0.127. The van der Waals surface area contributed by atoms with Crippen molar-refractivity contribution in [2.24, 2.45) is 0 Å². The first-order valence-electron chi connectivity index (χ1n) is 7.14. The van der Waals surface area contributed by atoms with E-state index in [1.165, 1.54) is 24.3 Å². The quantitative estimate of drug-likeness (QED) is 0.921. The summed E-state index contributed by atoms with van der Waals surface area (Å²) in [5, 5.41) is 2.86. The third-order valence-electron chi connectivity index (χ3n) is 3.19. The van der Waals surface area contributed by atoms with Crippen LogP contribution in [0.3, 0.4) is 0 Å². The number of carbonyl (C=O) groups excluding carboxylic acids is 1. The largest absolute Gasteiger partial charge is 0.484 e. The fraction of sp³-hybridized carbons (Fsp3) is 0.278. The Morgan fingerprint density at radius 3 is 2.36 bits per heavy atom. The zero-order valence-corrected chi connectivity index (χ0v) is 13.0. The van der Waals surface area contributed by atoms with E-state index in [4.69, 9.17) is 4.74 Å². The molecule has 3 nitrogen and oxygen atoms in total. The topological polar surface area (TPSA) is 38.3 Å².